The smallest absolute Gasteiger partial charge is 0.258 e. The van der Waals surface area contributed by atoms with Crippen LogP contribution >= 0.6 is 0 Å². The predicted molar refractivity (Wildman–Crippen MR) is 69.0 cm³/mol. The minimum atomic E-state index is -0.741. The molecule has 0 bridgehead atoms. The Balaban J connectivity index is 2.68. The molecule has 0 aromatic heterocycles. The fraction of sp³-hybridized carbons (Fsp3) is 0.286. The maximum absolute atomic E-state index is 11.9. The molecule has 94 valence electrons. The molecule has 2 amide bonds. The van der Waals surface area contributed by atoms with Gasteiger partial charge in [-0.15, -0.1) is 0 Å². The van der Waals surface area contributed by atoms with Gasteiger partial charge in [-0.3, -0.25) is 14.9 Å². The van der Waals surface area contributed by atoms with E-state index in [1.54, 1.807) is 26.0 Å². The normalized spacial score (nSPS) is 17.0. The van der Waals surface area contributed by atoms with Crippen LogP contribution in [0.2, 0.25) is 0 Å². The zero-order valence-electron chi connectivity index (χ0n) is 10.5. The van der Waals surface area contributed by atoms with Gasteiger partial charge in [-0.25, -0.2) is 0 Å². The molecule has 1 aromatic rings. The molecule has 0 saturated carbocycles. The molecule has 0 aliphatic carbocycles. The Labute approximate surface area is 106 Å². The van der Waals surface area contributed by atoms with Crippen molar-refractivity contribution in [2.24, 2.45) is 5.73 Å². The number of hydrogen-bond donors (Lipinski definition) is 2. The highest BCUT2D eigenvalue weighted by atomic mass is 16.2. The van der Waals surface area contributed by atoms with Crippen molar-refractivity contribution in [2.45, 2.75) is 25.7 Å². The van der Waals surface area contributed by atoms with E-state index in [9.17, 15) is 9.59 Å². The van der Waals surface area contributed by atoms with Crippen molar-refractivity contribution >= 4 is 11.8 Å². The summed E-state index contributed by atoms with van der Waals surface area (Å²) in [4.78, 5) is 23.8. The molecule has 0 spiro atoms. The minimum Gasteiger partial charge on any atom is -0.402 e. The van der Waals surface area contributed by atoms with E-state index in [4.69, 9.17) is 5.73 Å². The largest absolute Gasteiger partial charge is 0.402 e. The molecule has 1 aromatic carbocycles. The van der Waals surface area contributed by atoms with E-state index in [1.165, 1.54) is 0 Å². The van der Waals surface area contributed by atoms with Gasteiger partial charge in [-0.2, -0.15) is 0 Å². The summed E-state index contributed by atoms with van der Waals surface area (Å²) in [5.74, 6) is -0.631. The fourth-order valence-electron chi connectivity index (χ4n) is 2.36. The molecule has 1 aliphatic heterocycles. The zero-order chi connectivity index (χ0) is 13.5. The van der Waals surface area contributed by atoms with Crippen molar-refractivity contribution in [3.05, 3.63) is 47.2 Å². The number of allylic oxidation sites excluding steroid dienone is 1. The number of hydrogen-bond acceptors (Lipinski definition) is 3. The Morgan fingerprint density at radius 2 is 2.06 bits per heavy atom. The van der Waals surface area contributed by atoms with E-state index in [0.29, 0.717) is 17.7 Å². The number of amides is 2. The Hall–Kier alpha value is -2.10. The number of nitrogens with one attached hydrogen (secondary N) is 1. The van der Waals surface area contributed by atoms with E-state index < -0.39 is 5.41 Å². The van der Waals surface area contributed by atoms with Crippen molar-refractivity contribution in [2.75, 3.05) is 0 Å². The van der Waals surface area contributed by atoms with Crippen molar-refractivity contribution in [1.29, 1.82) is 0 Å². The summed E-state index contributed by atoms with van der Waals surface area (Å²) in [5, 5.41) is 2.37. The number of nitrogens with two attached hydrogens (primary N) is 1. The lowest BCUT2D eigenvalue weighted by Crippen LogP contribution is -2.49. The van der Waals surface area contributed by atoms with E-state index in [1.807, 2.05) is 6.07 Å². The van der Waals surface area contributed by atoms with E-state index >= 15 is 0 Å². The average Bonchev–Trinajstić information content (AvgIpc) is 2.25. The molecular formula is C14H16N2O2. The maximum Gasteiger partial charge on any atom is 0.258 e. The van der Waals surface area contributed by atoms with E-state index in [0.717, 1.165) is 11.1 Å². The van der Waals surface area contributed by atoms with Crippen molar-refractivity contribution < 1.29 is 9.59 Å². The third kappa shape index (κ3) is 1.79. The van der Waals surface area contributed by atoms with Crippen LogP contribution in [-0.2, 0) is 16.6 Å². The van der Waals surface area contributed by atoms with Gasteiger partial charge in [0.2, 0.25) is 5.91 Å². The molecule has 2 rings (SSSR count). The summed E-state index contributed by atoms with van der Waals surface area (Å²) in [6.07, 6.45) is 0.465. The Bertz CT molecular complexity index is 559. The first-order valence-corrected chi connectivity index (χ1v) is 5.75. The van der Waals surface area contributed by atoms with Gasteiger partial charge < -0.3 is 5.73 Å². The fourth-order valence-corrected chi connectivity index (χ4v) is 2.36. The Kier molecular flexibility index (Phi) is 2.73. The average molecular weight is 244 g/mol. The molecule has 4 nitrogen and oxygen atoms in total. The second-order valence-corrected chi connectivity index (χ2v) is 5.08. The SMILES string of the molecule is C=C(N)Cc1cccc2c1C(C)(C)C(=O)NC2=O. The van der Waals surface area contributed by atoms with Gasteiger partial charge >= 0.3 is 0 Å². The molecule has 0 saturated heterocycles. The highest BCUT2D eigenvalue weighted by molar-refractivity contribution is 6.13. The molecule has 3 N–H and O–H groups in total. The van der Waals surface area contributed by atoms with Gasteiger partial charge in [-0.1, -0.05) is 18.7 Å². The minimum absolute atomic E-state index is 0.282. The van der Waals surface area contributed by atoms with Crippen molar-refractivity contribution in [1.82, 2.24) is 5.32 Å². The van der Waals surface area contributed by atoms with Gasteiger partial charge in [0.1, 0.15) is 0 Å². The molecule has 18 heavy (non-hydrogen) atoms. The lowest BCUT2D eigenvalue weighted by Gasteiger charge is -2.32. The number of imide groups is 1. The van der Waals surface area contributed by atoms with Gasteiger partial charge in [0.25, 0.3) is 5.91 Å². The molecule has 0 atom stereocenters. The van der Waals surface area contributed by atoms with Gasteiger partial charge in [-0.05, 0) is 31.0 Å². The van der Waals surface area contributed by atoms with Crippen LogP contribution in [0.4, 0.5) is 0 Å². The molecule has 1 heterocycles. The van der Waals surface area contributed by atoms with Crippen molar-refractivity contribution in [3.8, 4) is 0 Å². The molecular weight excluding hydrogens is 228 g/mol. The van der Waals surface area contributed by atoms with Crippen LogP contribution in [0.15, 0.2) is 30.5 Å². The molecule has 0 fully saturated rings. The van der Waals surface area contributed by atoms with Gasteiger partial charge in [0.15, 0.2) is 0 Å². The van der Waals surface area contributed by atoms with Crippen LogP contribution in [-0.4, -0.2) is 11.8 Å². The van der Waals surface area contributed by atoms with Crippen molar-refractivity contribution in [3.63, 3.8) is 0 Å². The van der Waals surface area contributed by atoms with E-state index in [-0.39, 0.29) is 11.8 Å². The second-order valence-electron chi connectivity index (χ2n) is 5.08. The Morgan fingerprint density at radius 3 is 2.67 bits per heavy atom. The van der Waals surface area contributed by atoms with Crippen LogP contribution in [0.5, 0.6) is 0 Å². The zero-order valence-corrected chi connectivity index (χ0v) is 10.5. The quantitative estimate of drug-likeness (QED) is 0.769. The third-order valence-corrected chi connectivity index (χ3v) is 3.23. The van der Waals surface area contributed by atoms with Crippen LogP contribution in [0.1, 0.15) is 35.3 Å². The summed E-state index contributed by atoms with van der Waals surface area (Å²) < 4.78 is 0. The lowest BCUT2D eigenvalue weighted by atomic mass is 9.75. The Morgan fingerprint density at radius 1 is 1.39 bits per heavy atom. The summed E-state index contributed by atoms with van der Waals surface area (Å²) in [5.41, 5.74) is 7.58. The topological polar surface area (TPSA) is 72.2 Å². The first kappa shape index (κ1) is 12.4. The summed E-state index contributed by atoms with van der Waals surface area (Å²) >= 11 is 0. The van der Waals surface area contributed by atoms with Gasteiger partial charge in [0.05, 0.1) is 5.41 Å². The van der Waals surface area contributed by atoms with Crippen LogP contribution < -0.4 is 11.1 Å². The summed E-state index contributed by atoms with van der Waals surface area (Å²) in [6.45, 7) is 7.28. The molecule has 0 unspecified atom stereocenters. The third-order valence-electron chi connectivity index (χ3n) is 3.23. The van der Waals surface area contributed by atoms with Crippen LogP contribution in [0.3, 0.4) is 0 Å². The number of fused-ring (bicyclic) bond motifs is 1. The summed E-state index contributed by atoms with van der Waals surface area (Å²) in [6, 6.07) is 5.40. The highest BCUT2D eigenvalue weighted by Crippen LogP contribution is 2.33. The number of benzene rings is 1. The first-order chi connectivity index (χ1) is 8.34. The number of rotatable bonds is 2. The summed E-state index contributed by atoms with van der Waals surface area (Å²) in [7, 11) is 0. The van der Waals surface area contributed by atoms with Gasteiger partial charge in [0, 0.05) is 17.7 Å². The second kappa shape index (κ2) is 3.98. The van der Waals surface area contributed by atoms with E-state index in [2.05, 4.69) is 11.9 Å². The first-order valence-electron chi connectivity index (χ1n) is 5.75. The molecule has 4 heteroatoms. The monoisotopic (exact) mass is 244 g/mol. The molecule has 1 aliphatic rings. The number of carbonyl (C=O) groups is 2. The highest BCUT2D eigenvalue weighted by Gasteiger charge is 2.40. The maximum atomic E-state index is 11.9. The molecule has 0 radical (unpaired) electrons. The predicted octanol–water partition coefficient (Wildman–Crippen LogP) is 1.25. The standard InChI is InChI=1S/C14H16N2O2/c1-8(15)7-9-5-4-6-10-11(9)14(2,3)13(18)16-12(10)17/h4-6H,1,7,15H2,2-3H3,(H,16,17,18). The van der Waals surface area contributed by atoms with Crippen LogP contribution in [0.25, 0.3) is 0 Å². The van der Waals surface area contributed by atoms with Crippen LogP contribution in [0, 0.1) is 0 Å². The number of carbonyl (C=O) groups excluding carboxylic acids is 2. The lowest BCUT2D eigenvalue weighted by molar-refractivity contribution is -0.125.